The first kappa shape index (κ1) is 17.2. The minimum Gasteiger partial charge on any atom is -0.384 e. The van der Waals surface area contributed by atoms with Gasteiger partial charge < -0.3 is 9.26 Å². The summed E-state index contributed by atoms with van der Waals surface area (Å²) >= 11 is 1.22. The average molecular weight is 383 g/mol. The van der Waals surface area contributed by atoms with E-state index in [1.54, 1.807) is 35.8 Å². The third-order valence-corrected chi connectivity index (χ3v) is 9.03. The van der Waals surface area contributed by atoms with Crippen molar-refractivity contribution >= 4 is 21.4 Å². The second-order valence-corrected chi connectivity index (χ2v) is 11.1. The summed E-state index contributed by atoms with van der Waals surface area (Å²) in [4.78, 5) is 0.769. The predicted octanol–water partition coefficient (Wildman–Crippen LogP) is 3.09. The van der Waals surface area contributed by atoms with Gasteiger partial charge in [0, 0.05) is 31.7 Å². The third-order valence-electron chi connectivity index (χ3n) is 5.66. The first-order chi connectivity index (χ1) is 11.8. The van der Waals surface area contributed by atoms with Gasteiger partial charge in [0.05, 0.1) is 17.7 Å². The summed E-state index contributed by atoms with van der Waals surface area (Å²) in [5.74, 6) is 0.924. The molecule has 0 bridgehead atoms. The molecule has 1 aliphatic carbocycles. The molecule has 25 heavy (non-hydrogen) atoms. The standard InChI is InChI=1S/C17H22N2O4S2/c1-16(2)9-17(11-22-3)10-19(8-14(16)17)25(20,21)15-5-4-13(24-15)12-6-7-18-23-12/h4-7,14H,8-11H2,1-3H3/t14-,17-/m1/s1. The van der Waals surface area contributed by atoms with Crippen LogP contribution in [0.3, 0.4) is 0 Å². The fraction of sp³-hybridized carbons (Fsp3) is 0.588. The molecule has 2 atom stereocenters. The molecule has 0 N–H and O–H groups in total. The van der Waals surface area contributed by atoms with Crippen LogP contribution in [0.5, 0.6) is 0 Å². The molecule has 2 fully saturated rings. The van der Waals surface area contributed by atoms with Gasteiger partial charge in [0.2, 0.25) is 0 Å². The first-order valence-corrected chi connectivity index (χ1v) is 10.5. The number of methoxy groups -OCH3 is 1. The van der Waals surface area contributed by atoms with Gasteiger partial charge in [-0.1, -0.05) is 19.0 Å². The molecule has 4 rings (SSSR count). The normalized spacial score (nSPS) is 28.7. The van der Waals surface area contributed by atoms with Crippen molar-refractivity contribution in [3.63, 3.8) is 0 Å². The van der Waals surface area contributed by atoms with E-state index >= 15 is 0 Å². The lowest BCUT2D eigenvalue weighted by Crippen LogP contribution is -2.55. The van der Waals surface area contributed by atoms with E-state index in [0.29, 0.717) is 35.6 Å². The number of sulfonamides is 1. The number of rotatable bonds is 5. The number of ether oxygens (including phenoxy) is 1. The Morgan fingerprint density at radius 1 is 1.40 bits per heavy atom. The van der Waals surface area contributed by atoms with Crippen molar-refractivity contribution in [1.82, 2.24) is 9.46 Å². The van der Waals surface area contributed by atoms with Crippen LogP contribution in [0, 0.1) is 16.7 Å². The van der Waals surface area contributed by atoms with Crippen LogP contribution in [0.1, 0.15) is 20.3 Å². The molecule has 2 aliphatic rings. The molecule has 1 saturated heterocycles. The number of fused-ring (bicyclic) bond motifs is 1. The molecular formula is C17H22N2O4S2. The molecular weight excluding hydrogens is 360 g/mol. The summed E-state index contributed by atoms with van der Waals surface area (Å²) in [6.07, 6.45) is 2.55. The minimum absolute atomic E-state index is 0.0453. The number of nitrogens with zero attached hydrogens (tertiary/aromatic N) is 2. The maximum absolute atomic E-state index is 13.1. The molecule has 0 aromatic carbocycles. The average Bonchev–Trinajstić information content (AvgIpc) is 3.25. The summed E-state index contributed by atoms with van der Waals surface area (Å²) in [6.45, 7) is 6.14. The zero-order valence-corrected chi connectivity index (χ0v) is 16.2. The lowest BCUT2D eigenvalue weighted by atomic mass is 9.48. The van der Waals surface area contributed by atoms with Crippen LogP contribution in [0.4, 0.5) is 0 Å². The Hall–Kier alpha value is -1.22. The van der Waals surface area contributed by atoms with Gasteiger partial charge in [-0.3, -0.25) is 0 Å². The van der Waals surface area contributed by atoms with Gasteiger partial charge in [-0.2, -0.15) is 4.31 Å². The molecule has 2 aromatic heterocycles. The van der Waals surface area contributed by atoms with E-state index < -0.39 is 10.0 Å². The van der Waals surface area contributed by atoms with E-state index in [1.165, 1.54) is 11.3 Å². The van der Waals surface area contributed by atoms with Gasteiger partial charge in [-0.25, -0.2) is 8.42 Å². The second-order valence-electron chi connectivity index (χ2n) is 7.81. The fourth-order valence-electron chi connectivity index (χ4n) is 4.81. The van der Waals surface area contributed by atoms with Crippen LogP contribution >= 0.6 is 11.3 Å². The van der Waals surface area contributed by atoms with E-state index in [0.717, 1.165) is 11.3 Å². The molecule has 0 unspecified atom stereocenters. The van der Waals surface area contributed by atoms with Crippen LogP contribution in [-0.4, -0.2) is 44.7 Å². The van der Waals surface area contributed by atoms with E-state index in [4.69, 9.17) is 9.26 Å². The Balaban J connectivity index is 1.61. The molecule has 3 heterocycles. The van der Waals surface area contributed by atoms with Crippen LogP contribution in [0.25, 0.3) is 10.6 Å². The minimum atomic E-state index is -3.51. The van der Waals surface area contributed by atoms with Crippen molar-refractivity contribution in [2.24, 2.45) is 16.7 Å². The smallest absolute Gasteiger partial charge is 0.252 e. The Morgan fingerprint density at radius 2 is 2.20 bits per heavy atom. The highest BCUT2D eigenvalue weighted by molar-refractivity contribution is 7.91. The van der Waals surface area contributed by atoms with Crippen molar-refractivity contribution < 1.29 is 17.7 Å². The van der Waals surface area contributed by atoms with E-state index in [9.17, 15) is 8.42 Å². The number of thiophene rings is 1. The monoisotopic (exact) mass is 382 g/mol. The number of hydrogen-bond donors (Lipinski definition) is 0. The van der Waals surface area contributed by atoms with Crippen molar-refractivity contribution in [1.29, 1.82) is 0 Å². The number of aromatic nitrogens is 1. The van der Waals surface area contributed by atoms with E-state index in [1.807, 2.05) is 0 Å². The van der Waals surface area contributed by atoms with Crippen LogP contribution in [0.15, 0.2) is 33.1 Å². The highest BCUT2D eigenvalue weighted by Crippen LogP contribution is 2.63. The maximum atomic E-state index is 13.1. The van der Waals surface area contributed by atoms with Gasteiger partial charge in [-0.05, 0) is 29.9 Å². The second kappa shape index (κ2) is 5.64. The largest absolute Gasteiger partial charge is 0.384 e. The Kier molecular flexibility index (Phi) is 3.88. The Labute approximate surface area is 151 Å². The Morgan fingerprint density at radius 3 is 2.84 bits per heavy atom. The van der Waals surface area contributed by atoms with Gasteiger partial charge in [0.15, 0.2) is 5.76 Å². The van der Waals surface area contributed by atoms with Crippen molar-refractivity contribution in [3.05, 3.63) is 24.4 Å². The zero-order chi connectivity index (χ0) is 17.9. The molecule has 6 nitrogen and oxygen atoms in total. The SMILES string of the molecule is COC[C@@]12CN(S(=O)(=O)c3ccc(-c4ccno4)s3)C[C@@H]1C(C)(C)C2. The highest BCUT2D eigenvalue weighted by Gasteiger charge is 2.64. The van der Waals surface area contributed by atoms with Crippen molar-refractivity contribution in [2.75, 3.05) is 26.8 Å². The molecule has 0 amide bonds. The lowest BCUT2D eigenvalue weighted by Gasteiger charge is -2.56. The summed E-state index contributed by atoms with van der Waals surface area (Å²) < 4.78 is 38.8. The third kappa shape index (κ3) is 2.58. The number of hydrogen-bond acceptors (Lipinski definition) is 6. The molecule has 8 heteroatoms. The summed E-state index contributed by atoms with van der Waals surface area (Å²) in [5.41, 5.74) is 0.111. The fourth-order valence-corrected chi connectivity index (χ4v) is 7.78. The predicted molar refractivity (Wildman–Crippen MR) is 94.8 cm³/mol. The topological polar surface area (TPSA) is 72.6 Å². The van der Waals surface area contributed by atoms with Gasteiger partial charge in [0.25, 0.3) is 10.0 Å². The zero-order valence-electron chi connectivity index (χ0n) is 14.6. The molecule has 1 aliphatic heterocycles. The van der Waals surface area contributed by atoms with Crippen molar-refractivity contribution in [3.8, 4) is 10.6 Å². The molecule has 136 valence electrons. The quantitative estimate of drug-likeness (QED) is 0.795. The maximum Gasteiger partial charge on any atom is 0.252 e. The van der Waals surface area contributed by atoms with Gasteiger partial charge in [-0.15, -0.1) is 11.3 Å². The molecule has 1 saturated carbocycles. The first-order valence-electron chi connectivity index (χ1n) is 8.29. The van der Waals surface area contributed by atoms with Crippen LogP contribution in [0.2, 0.25) is 0 Å². The Bertz CT molecular complexity index is 872. The van der Waals surface area contributed by atoms with Crippen LogP contribution < -0.4 is 0 Å². The van der Waals surface area contributed by atoms with Crippen LogP contribution in [-0.2, 0) is 14.8 Å². The highest BCUT2D eigenvalue weighted by atomic mass is 32.2. The summed E-state index contributed by atoms with van der Waals surface area (Å²) in [5, 5.41) is 3.68. The lowest BCUT2D eigenvalue weighted by molar-refractivity contribution is -0.106. The molecule has 2 aromatic rings. The molecule has 0 radical (unpaired) electrons. The summed E-state index contributed by atoms with van der Waals surface area (Å²) in [6, 6.07) is 5.16. The molecule has 0 spiro atoms. The van der Waals surface area contributed by atoms with E-state index in [-0.39, 0.29) is 10.8 Å². The van der Waals surface area contributed by atoms with Crippen molar-refractivity contribution in [2.45, 2.75) is 24.5 Å². The van der Waals surface area contributed by atoms with Gasteiger partial charge in [0.1, 0.15) is 4.21 Å². The van der Waals surface area contributed by atoms with Gasteiger partial charge >= 0.3 is 0 Å². The summed E-state index contributed by atoms with van der Waals surface area (Å²) in [7, 11) is -1.82. The van der Waals surface area contributed by atoms with E-state index in [2.05, 4.69) is 19.0 Å².